The second-order valence-corrected chi connectivity index (χ2v) is 11.4. The number of rotatable bonds is 6. The molecule has 0 unspecified atom stereocenters. The van der Waals surface area contributed by atoms with Crippen LogP contribution < -0.4 is 10.1 Å². The number of sulfonamides is 1. The van der Waals surface area contributed by atoms with E-state index in [1.807, 2.05) is 6.07 Å². The van der Waals surface area contributed by atoms with E-state index in [-0.39, 0.29) is 23.8 Å². The zero-order valence-corrected chi connectivity index (χ0v) is 22.1. The summed E-state index contributed by atoms with van der Waals surface area (Å²) in [5.41, 5.74) is 2.35. The summed E-state index contributed by atoms with van der Waals surface area (Å²) in [5.74, 6) is 0.683. The van der Waals surface area contributed by atoms with Crippen LogP contribution in [0.15, 0.2) is 59.6 Å². The lowest BCUT2D eigenvalue weighted by Crippen LogP contribution is -2.36. The van der Waals surface area contributed by atoms with Crippen LogP contribution in [0.25, 0.3) is 10.9 Å². The average Bonchev–Trinajstić information content (AvgIpc) is 3.21. The first-order chi connectivity index (χ1) is 17.3. The van der Waals surface area contributed by atoms with Gasteiger partial charge in [0.2, 0.25) is 15.9 Å². The van der Waals surface area contributed by atoms with E-state index in [0.29, 0.717) is 38.6 Å². The normalized spacial score (nSPS) is 17.2. The summed E-state index contributed by atoms with van der Waals surface area (Å²) in [7, 11) is -1.99. The second-order valence-electron chi connectivity index (χ2n) is 9.49. The molecule has 1 N–H and O–H groups in total. The van der Waals surface area contributed by atoms with Gasteiger partial charge in [0.25, 0.3) is 0 Å². The van der Waals surface area contributed by atoms with Crippen LogP contribution in [-0.4, -0.2) is 67.9 Å². The molecule has 0 bridgehead atoms. The minimum atomic E-state index is -3.67. The molecule has 1 saturated heterocycles. The maximum Gasteiger partial charge on any atom is 0.243 e. The number of aromatic nitrogens is 1. The number of carbonyl (C=O) groups excluding carboxylic acids is 1. The number of nitrogens with zero attached hydrogens (tertiary/aromatic N) is 3. The summed E-state index contributed by atoms with van der Waals surface area (Å²) in [5, 5.41) is 4.11. The fraction of sp³-hybridized carbons (Fsp3) is 0.444. The first kappa shape index (κ1) is 26.2. The number of nitrogens with one attached hydrogen (secondary N) is 1. The molecule has 3 aromatic rings. The van der Waals surface area contributed by atoms with Crippen LogP contribution in [-0.2, 0) is 21.4 Å². The number of methoxy groups -OCH3 is 1. The van der Waals surface area contributed by atoms with E-state index < -0.39 is 10.0 Å². The molecule has 0 aliphatic carbocycles. The zero-order chi connectivity index (χ0) is 25.7. The minimum Gasteiger partial charge on any atom is -0.497 e. The Balaban J connectivity index is 1.56. The highest BCUT2D eigenvalue weighted by atomic mass is 32.2. The van der Waals surface area contributed by atoms with Crippen LogP contribution in [0, 0.1) is 0 Å². The largest absolute Gasteiger partial charge is 0.497 e. The van der Waals surface area contributed by atoms with Crippen LogP contribution in [0.4, 0.5) is 0 Å². The van der Waals surface area contributed by atoms with Crippen molar-refractivity contribution in [3.63, 3.8) is 0 Å². The van der Waals surface area contributed by atoms with E-state index in [2.05, 4.69) is 47.0 Å². The van der Waals surface area contributed by atoms with Crippen molar-refractivity contribution in [2.75, 3.05) is 39.8 Å². The minimum absolute atomic E-state index is 0.133. The SMILES string of the molecule is COc1ccc2c(c1)c(CN1CCCN(S(=O)(=O)c3ccccc3)CCC(=O)NCC1)cn2C(C)C. The van der Waals surface area contributed by atoms with E-state index in [0.717, 1.165) is 23.2 Å². The molecular formula is C27H36N4O4S. The van der Waals surface area contributed by atoms with Gasteiger partial charge in [0.1, 0.15) is 5.75 Å². The Morgan fingerprint density at radius 1 is 1.03 bits per heavy atom. The van der Waals surface area contributed by atoms with Gasteiger partial charge in [0.05, 0.1) is 12.0 Å². The van der Waals surface area contributed by atoms with Gasteiger partial charge in [0.15, 0.2) is 0 Å². The van der Waals surface area contributed by atoms with Gasteiger partial charge in [0, 0.05) is 62.3 Å². The third kappa shape index (κ3) is 5.91. The van der Waals surface area contributed by atoms with Crippen molar-refractivity contribution >= 4 is 26.8 Å². The molecule has 0 spiro atoms. The summed E-state index contributed by atoms with van der Waals surface area (Å²) in [6, 6.07) is 14.9. The van der Waals surface area contributed by atoms with Gasteiger partial charge in [-0.3, -0.25) is 9.69 Å². The van der Waals surface area contributed by atoms with Crippen LogP contribution in [0.2, 0.25) is 0 Å². The predicted molar refractivity (Wildman–Crippen MR) is 142 cm³/mol. The van der Waals surface area contributed by atoms with E-state index in [1.54, 1.807) is 37.4 Å². The summed E-state index contributed by atoms with van der Waals surface area (Å²) in [4.78, 5) is 15.0. The number of carbonyl (C=O) groups is 1. The molecular weight excluding hydrogens is 476 g/mol. The van der Waals surface area contributed by atoms with Crippen molar-refractivity contribution in [3.8, 4) is 5.75 Å². The Morgan fingerprint density at radius 3 is 2.53 bits per heavy atom. The van der Waals surface area contributed by atoms with Crippen molar-refractivity contribution in [2.24, 2.45) is 0 Å². The summed E-state index contributed by atoms with van der Waals surface area (Å²) < 4.78 is 35.7. The van der Waals surface area contributed by atoms with Crippen molar-refractivity contribution in [3.05, 3.63) is 60.3 Å². The Morgan fingerprint density at radius 2 is 1.81 bits per heavy atom. The quantitative estimate of drug-likeness (QED) is 0.545. The Labute approximate surface area is 213 Å². The van der Waals surface area contributed by atoms with Crippen LogP contribution in [0.5, 0.6) is 5.75 Å². The van der Waals surface area contributed by atoms with Gasteiger partial charge in [-0.1, -0.05) is 18.2 Å². The number of amides is 1. The fourth-order valence-corrected chi connectivity index (χ4v) is 6.23. The Kier molecular flexibility index (Phi) is 8.33. The number of benzene rings is 2. The highest BCUT2D eigenvalue weighted by molar-refractivity contribution is 7.89. The Bertz CT molecular complexity index is 1290. The highest BCUT2D eigenvalue weighted by Gasteiger charge is 2.25. The number of ether oxygens (including phenoxy) is 1. The van der Waals surface area contributed by atoms with Crippen LogP contribution in [0.3, 0.4) is 0 Å². The smallest absolute Gasteiger partial charge is 0.243 e. The molecule has 1 aliphatic heterocycles. The fourth-order valence-electron chi connectivity index (χ4n) is 4.73. The first-order valence-corrected chi connectivity index (χ1v) is 14.0. The summed E-state index contributed by atoms with van der Waals surface area (Å²) in [6.07, 6.45) is 3.02. The lowest BCUT2D eigenvalue weighted by Gasteiger charge is -2.24. The molecule has 1 aromatic heterocycles. The van der Waals surface area contributed by atoms with Crippen molar-refractivity contribution < 1.29 is 17.9 Å². The molecule has 0 radical (unpaired) electrons. The molecule has 1 aliphatic rings. The van der Waals surface area contributed by atoms with Crippen LogP contribution >= 0.6 is 0 Å². The molecule has 4 rings (SSSR count). The number of hydrogen-bond donors (Lipinski definition) is 1. The average molecular weight is 513 g/mol. The zero-order valence-electron chi connectivity index (χ0n) is 21.3. The predicted octanol–water partition coefficient (Wildman–Crippen LogP) is 3.63. The molecule has 9 heteroatoms. The van der Waals surface area contributed by atoms with Gasteiger partial charge >= 0.3 is 0 Å². The van der Waals surface area contributed by atoms with Gasteiger partial charge in [-0.25, -0.2) is 8.42 Å². The van der Waals surface area contributed by atoms with Gasteiger partial charge in [-0.15, -0.1) is 0 Å². The standard InChI is InChI=1S/C27H36N4O4S/c1-21(2)31-20-22(25-18-23(35-3)10-11-26(25)31)19-29-14-7-15-30(16-12-27(32)28-13-17-29)36(33,34)24-8-5-4-6-9-24/h4-6,8-11,18,20-21H,7,12-17,19H2,1-3H3,(H,28,32). The maximum atomic E-state index is 13.3. The molecule has 36 heavy (non-hydrogen) atoms. The van der Waals surface area contributed by atoms with E-state index in [9.17, 15) is 13.2 Å². The number of fused-ring (bicyclic) bond motifs is 1. The summed E-state index contributed by atoms with van der Waals surface area (Å²) in [6.45, 7) is 7.49. The van der Waals surface area contributed by atoms with Gasteiger partial charge in [-0.05, 0) is 62.7 Å². The van der Waals surface area contributed by atoms with E-state index in [1.165, 1.54) is 9.87 Å². The Hall–Kier alpha value is -2.88. The second kappa shape index (κ2) is 11.5. The molecule has 0 saturated carbocycles. The van der Waals surface area contributed by atoms with Gasteiger partial charge < -0.3 is 14.6 Å². The lowest BCUT2D eigenvalue weighted by molar-refractivity contribution is -0.121. The monoisotopic (exact) mass is 512 g/mol. The highest BCUT2D eigenvalue weighted by Crippen LogP contribution is 2.29. The molecule has 2 heterocycles. The molecule has 2 aromatic carbocycles. The third-order valence-corrected chi connectivity index (χ3v) is 8.59. The molecule has 194 valence electrons. The van der Waals surface area contributed by atoms with E-state index in [4.69, 9.17) is 4.74 Å². The van der Waals surface area contributed by atoms with Crippen LogP contribution in [0.1, 0.15) is 38.3 Å². The molecule has 8 nitrogen and oxygen atoms in total. The summed E-state index contributed by atoms with van der Waals surface area (Å²) >= 11 is 0. The maximum absolute atomic E-state index is 13.3. The molecule has 1 amide bonds. The molecule has 1 fully saturated rings. The molecule has 0 atom stereocenters. The lowest BCUT2D eigenvalue weighted by atomic mass is 10.1. The topological polar surface area (TPSA) is 83.9 Å². The van der Waals surface area contributed by atoms with E-state index >= 15 is 0 Å². The third-order valence-electron chi connectivity index (χ3n) is 6.67. The first-order valence-electron chi connectivity index (χ1n) is 12.5. The van der Waals surface area contributed by atoms with Crippen molar-refractivity contribution in [2.45, 2.75) is 44.2 Å². The van der Waals surface area contributed by atoms with Crippen molar-refractivity contribution in [1.29, 1.82) is 0 Å². The number of hydrogen-bond acceptors (Lipinski definition) is 5. The van der Waals surface area contributed by atoms with Gasteiger partial charge in [-0.2, -0.15) is 4.31 Å². The van der Waals surface area contributed by atoms with Crippen molar-refractivity contribution in [1.82, 2.24) is 19.1 Å².